The summed E-state index contributed by atoms with van der Waals surface area (Å²) in [4.78, 5) is 24.1. The number of fused-ring (bicyclic) bond motifs is 2. The van der Waals surface area contributed by atoms with E-state index in [4.69, 9.17) is 4.74 Å². The summed E-state index contributed by atoms with van der Waals surface area (Å²) in [5.74, 6) is 1.42. The van der Waals surface area contributed by atoms with Crippen LogP contribution in [0.15, 0.2) is 36.8 Å². The van der Waals surface area contributed by atoms with Crippen molar-refractivity contribution in [2.24, 2.45) is 0 Å². The molecule has 0 spiro atoms. The van der Waals surface area contributed by atoms with E-state index in [-0.39, 0.29) is 5.78 Å². The fourth-order valence-electron chi connectivity index (χ4n) is 4.09. The summed E-state index contributed by atoms with van der Waals surface area (Å²) in [6, 6.07) is 6.69. The lowest BCUT2D eigenvalue weighted by Gasteiger charge is -2.34. The van der Waals surface area contributed by atoms with Gasteiger partial charge in [0.05, 0.1) is 12.3 Å². The lowest BCUT2D eigenvalue weighted by Crippen LogP contribution is -2.49. The number of piperazine rings is 1. The van der Waals surface area contributed by atoms with Crippen molar-refractivity contribution in [3.8, 4) is 5.75 Å². The third-order valence-electron chi connectivity index (χ3n) is 5.63. The molecule has 1 atom stereocenters. The van der Waals surface area contributed by atoms with Gasteiger partial charge in [0, 0.05) is 73.6 Å². The molecular weight excluding hydrogens is 378 g/mol. The highest BCUT2D eigenvalue weighted by Gasteiger charge is 2.21. The van der Waals surface area contributed by atoms with E-state index in [9.17, 15) is 4.79 Å². The summed E-state index contributed by atoms with van der Waals surface area (Å²) in [6.45, 7) is 7.44. The van der Waals surface area contributed by atoms with Crippen molar-refractivity contribution in [1.82, 2.24) is 19.7 Å². The molecule has 3 aromatic rings. The highest BCUT2D eigenvalue weighted by atomic mass is 16.5. The first kappa shape index (κ1) is 18.8. The number of allylic oxidation sites excluding steroid dienone is 1. The first-order valence-corrected chi connectivity index (χ1v) is 10.4. The number of aromatic nitrogens is 3. The maximum absolute atomic E-state index is 12.8. The van der Waals surface area contributed by atoms with E-state index >= 15 is 0 Å². The Hall–Kier alpha value is -3.19. The molecule has 1 fully saturated rings. The van der Waals surface area contributed by atoms with Crippen molar-refractivity contribution >= 4 is 28.9 Å². The number of rotatable bonds is 2. The molecule has 2 aliphatic heterocycles. The number of imidazole rings is 1. The molecule has 0 bridgehead atoms. The van der Waals surface area contributed by atoms with Crippen LogP contribution in [-0.2, 0) is 4.79 Å². The largest absolute Gasteiger partial charge is 0.492 e. The Morgan fingerprint density at radius 3 is 3.03 bits per heavy atom. The van der Waals surface area contributed by atoms with Gasteiger partial charge in [-0.05, 0) is 37.6 Å². The Balaban J connectivity index is 1.54. The summed E-state index contributed by atoms with van der Waals surface area (Å²) in [6.07, 6.45) is 7.83. The van der Waals surface area contributed by atoms with Gasteiger partial charge in [-0.3, -0.25) is 9.20 Å². The van der Waals surface area contributed by atoms with Gasteiger partial charge in [-0.15, -0.1) is 0 Å². The zero-order chi connectivity index (χ0) is 20.7. The number of carbonyl (C=O) groups excluding carboxylic acids is 1. The van der Waals surface area contributed by atoms with E-state index in [1.807, 2.05) is 35.9 Å². The number of ketones is 1. The molecule has 154 valence electrons. The Morgan fingerprint density at radius 2 is 2.17 bits per heavy atom. The number of nitrogens with zero attached hydrogens (tertiary/aromatic N) is 4. The molecule has 1 N–H and O–H groups in total. The number of hydrogen-bond donors (Lipinski definition) is 1. The Morgan fingerprint density at radius 1 is 1.27 bits per heavy atom. The van der Waals surface area contributed by atoms with Crippen molar-refractivity contribution in [3.05, 3.63) is 53.6 Å². The van der Waals surface area contributed by atoms with Gasteiger partial charge in [0.1, 0.15) is 5.75 Å². The smallest absolute Gasteiger partial charge is 0.234 e. The molecule has 7 nitrogen and oxygen atoms in total. The van der Waals surface area contributed by atoms with Gasteiger partial charge in [-0.25, -0.2) is 9.97 Å². The number of benzene rings is 1. The monoisotopic (exact) mass is 403 g/mol. The van der Waals surface area contributed by atoms with Crippen LogP contribution in [0.25, 0.3) is 17.4 Å². The van der Waals surface area contributed by atoms with Gasteiger partial charge < -0.3 is 15.0 Å². The number of carbonyl (C=O) groups is 1. The molecule has 0 amide bonds. The maximum Gasteiger partial charge on any atom is 0.234 e. The molecule has 0 saturated carbocycles. The SMILES string of the molecule is Cc1cnc2nc(/C3=C/c4ccc(N5CCN[C@H](C)C5)cc4OCCC3=O)cn2c1. The number of aryl methyl sites for hydroxylation is 1. The van der Waals surface area contributed by atoms with Crippen molar-refractivity contribution in [2.75, 3.05) is 31.1 Å². The van der Waals surface area contributed by atoms with Crippen LogP contribution in [0.4, 0.5) is 5.69 Å². The highest BCUT2D eigenvalue weighted by molar-refractivity contribution is 6.25. The standard InChI is InChI=1S/C23H25N5O2/c1-15-11-25-23-26-20(14-28(23)12-15)19-9-17-3-4-18(27-7-6-24-16(2)13-27)10-22(17)30-8-5-21(19)29/h3-4,9-12,14,16,24H,5-8,13H2,1-2H3/b19-9-/t16-/m1/s1. The van der Waals surface area contributed by atoms with Crippen LogP contribution in [0.5, 0.6) is 5.75 Å². The minimum Gasteiger partial charge on any atom is -0.492 e. The summed E-state index contributed by atoms with van der Waals surface area (Å²) in [7, 11) is 0. The molecule has 30 heavy (non-hydrogen) atoms. The van der Waals surface area contributed by atoms with Crippen LogP contribution in [0.1, 0.15) is 30.2 Å². The predicted molar refractivity (Wildman–Crippen MR) is 117 cm³/mol. The minimum absolute atomic E-state index is 0.0285. The Kier molecular flexibility index (Phi) is 4.75. The third-order valence-corrected chi connectivity index (χ3v) is 5.63. The van der Waals surface area contributed by atoms with E-state index in [1.165, 1.54) is 0 Å². The lowest BCUT2D eigenvalue weighted by molar-refractivity contribution is -0.114. The number of ether oxygens (including phenoxy) is 1. The second-order valence-electron chi connectivity index (χ2n) is 8.07. The lowest BCUT2D eigenvalue weighted by atomic mass is 10.0. The Bertz CT molecular complexity index is 1150. The van der Waals surface area contributed by atoms with Crippen molar-refractivity contribution < 1.29 is 9.53 Å². The van der Waals surface area contributed by atoms with Crippen LogP contribution in [0.3, 0.4) is 0 Å². The molecule has 0 radical (unpaired) electrons. The van der Waals surface area contributed by atoms with Crippen molar-refractivity contribution in [3.63, 3.8) is 0 Å². The summed E-state index contributed by atoms with van der Waals surface area (Å²) in [5, 5.41) is 3.47. The average Bonchev–Trinajstić information content (AvgIpc) is 3.13. The molecule has 1 saturated heterocycles. The van der Waals surface area contributed by atoms with Crippen LogP contribution >= 0.6 is 0 Å². The third kappa shape index (κ3) is 3.57. The number of nitrogens with one attached hydrogen (secondary N) is 1. The maximum atomic E-state index is 12.8. The van der Waals surface area contributed by atoms with Crippen molar-refractivity contribution in [2.45, 2.75) is 26.3 Å². The van der Waals surface area contributed by atoms with Gasteiger partial charge in [-0.2, -0.15) is 0 Å². The zero-order valence-electron chi connectivity index (χ0n) is 17.3. The average molecular weight is 403 g/mol. The van der Waals surface area contributed by atoms with Gasteiger partial charge in [0.2, 0.25) is 5.78 Å². The van der Waals surface area contributed by atoms with E-state index in [0.29, 0.717) is 36.1 Å². The fourth-order valence-corrected chi connectivity index (χ4v) is 4.09. The van der Waals surface area contributed by atoms with E-state index < -0.39 is 0 Å². The first-order chi connectivity index (χ1) is 14.6. The topological polar surface area (TPSA) is 71.8 Å². The van der Waals surface area contributed by atoms with Crippen LogP contribution in [0.2, 0.25) is 0 Å². The van der Waals surface area contributed by atoms with Crippen molar-refractivity contribution in [1.29, 1.82) is 0 Å². The Labute approximate surface area is 175 Å². The molecule has 0 aliphatic carbocycles. The molecule has 0 unspecified atom stereocenters. The van der Waals surface area contributed by atoms with E-state index in [1.54, 1.807) is 6.20 Å². The quantitative estimate of drug-likeness (QED) is 0.709. The van der Waals surface area contributed by atoms with Gasteiger partial charge in [0.25, 0.3) is 0 Å². The van der Waals surface area contributed by atoms with Crippen LogP contribution in [-0.4, -0.2) is 52.4 Å². The van der Waals surface area contributed by atoms with Gasteiger partial charge >= 0.3 is 0 Å². The second kappa shape index (κ2) is 7.57. The molecular formula is C23H25N5O2. The molecule has 2 aliphatic rings. The summed E-state index contributed by atoms with van der Waals surface area (Å²) < 4.78 is 7.84. The summed E-state index contributed by atoms with van der Waals surface area (Å²) in [5.41, 5.74) is 4.33. The molecule has 4 heterocycles. The second-order valence-corrected chi connectivity index (χ2v) is 8.07. The fraction of sp³-hybridized carbons (Fsp3) is 0.348. The van der Waals surface area contributed by atoms with E-state index in [0.717, 1.165) is 42.2 Å². The van der Waals surface area contributed by atoms with Crippen LogP contribution < -0.4 is 15.0 Å². The number of anilines is 1. The van der Waals surface area contributed by atoms with E-state index in [2.05, 4.69) is 39.2 Å². The van der Waals surface area contributed by atoms with Crippen LogP contribution in [0, 0.1) is 6.92 Å². The number of Topliss-reactive ketones (excluding diaryl/α,β-unsaturated/α-hetero) is 1. The van der Waals surface area contributed by atoms with Gasteiger partial charge in [-0.1, -0.05) is 0 Å². The normalized spacial score (nSPS) is 21.4. The minimum atomic E-state index is 0.0285. The highest BCUT2D eigenvalue weighted by Crippen LogP contribution is 2.32. The molecule has 1 aromatic carbocycles. The zero-order valence-corrected chi connectivity index (χ0v) is 17.3. The molecule has 5 rings (SSSR count). The molecule has 7 heteroatoms. The summed E-state index contributed by atoms with van der Waals surface area (Å²) >= 11 is 0. The molecule has 2 aromatic heterocycles. The predicted octanol–water partition coefficient (Wildman–Crippen LogP) is 2.73. The number of hydrogen-bond acceptors (Lipinski definition) is 6. The van der Waals surface area contributed by atoms with Gasteiger partial charge in [0.15, 0.2) is 5.78 Å². The first-order valence-electron chi connectivity index (χ1n) is 10.4.